The highest BCUT2D eigenvalue weighted by atomic mass is 19.1. The molecule has 0 aromatic rings. The lowest BCUT2D eigenvalue weighted by Gasteiger charge is -2.46. The van der Waals surface area contributed by atoms with Crippen molar-refractivity contribution in [3.05, 3.63) is 0 Å². The fourth-order valence-corrected chi connectivity index (χ4v) is 7.67. The van der Waals surface area contributed by atoms with E-state index in [0.717, 1.165) is 38.8 Å². The van der Waals surface area contributed by atoms with Crippen molar-refractivity contribution >= 4 is 17.5 Å². The molecule has 4 aliphatic rings. The highest BCUT2D eigenvalue weighted by Gasteiger charge is 2.43. The minimum atomic E-state index is -1.19. The predicted molar refractivity (Wildman–Crippen MR) is 162 cm³/mol. The van der Waals surface area contributed by atoms with Gasteiger partial charge in [-0.3, -0.25) is 24.4 Å². The molecule has 0 aliphatic carbocycles. The first kappa shape index (κ1) is 33.2. The van der Waals surface area contributed by atoms with E-state index in [0.29, 0.717) is 57.7 Å². The van der Waals surface area contributed by atoms with Crippen LogP contribution in [0.1, 0.15) is 65.7 Å². The van der Waals surface area contributed by atoms with Gasteiger partial charge >= 0.3 is 0 Å². The molecule has 3 saturated heterocycles. The maximum atomic E-state index is 15.5. The summed E-state index contributed by atoms with van der Waals surface area (Å²) in [6.07, 6.45) is 2.15. The molecule has 0 aromatic heterocycles. The second kappa shape index (κ2) is 14.8. The number of likely N-dealkylation sites (N-methyl/N-ethyl adjacent to an activating group) is 1. The number of halogens is 2. The molecule has 4 aliphatic heterocycles. The molecule has 240 valence electrons. The van der Waals surface area contributed by atoms with Crippen LogP contribution in [0, 0.1) is 11.3 Å². The smallest absolute Gasteiger partial charge is 0.240 e. The molecule has 42 heavy (non-hydrogen) atoms. The summed E-state index contributed by atoms with van der Waals surface area (Å²) in [5, 5.41) is 6.18. The van der Waals surface area contributed by atoms with Gasteiger partial charge in [-0.05, 0) is 57.0 Å². The molecule has 0 aromatic carbocycles. The first-order valence-electron chi connectivity index (χ1n) is 16.2. The first-order valence-corrected chi connectivity index (χ1v) is 16.2. The van der Waals surface area contributed by atoms with Gasteiger partial charge in [0.25, 0.3) is 0 Å². The number of likely N-dealkylation sites (tertiary alicyclic amines) is 1. The van der Waals surface area contributed by atoms with Crippen molar-refractivity contribution in [3.8, 4) is 0 Å². The van der Waals surface area contributed by atoms with Gasteiger partial charge in [0, 0.05) is 45.0 Å². The maximum Gasteiger partial charge on any atom is 0.240 e. The number of rotatable bonds is 9. The Labute approximate surface area is 250 Å². The Morgan fingerprint density at radius 3 is 2.52 bits per heavy atom. The average Bonchev–Trinajstić information content (AvgIpc) is 3.43. The zero-order valence-corrected chi connectivity index (χ0v) is 25.9. The number of hydrogen-bond donors (Lipinski definition) is 4. The standard InChI is InChI=1S/C30H54F2N8O2/c1-4-9-30(3)10-8-20(31)17-36-22(16-30)25(27(33)34)28(41)37-23-19-35-18-21(32)26(23)39-12-14-40(15-13-39)29(42)24-7-6-11-38(24)5-2/h20-21,23-27,35H,4-19,33-34H2,1-3H3,(H,37,41)/b36-22+. The highest BCUT2D eigenvalue weighted by Crippen LogP contribution is 2.37. The minimum Gasteiger partial charge on any atom is -0.350 e. The number of piperidine rings is 1. The van der Waals surface area contributed by atoms with E-state index in [1.165, 1.54) is 0 Å². The summed E-state index contributed by atoms with van der Waals surface area (Å²) in [5.74, 6) is -1.14. The molecule has 4 rings (SSSR count). The second-order valence-corrected chi connectivity index (χ2v) is 13.2. The summed E-state index contributed by atoms with van der Waals surface area (Å²) in [5.41, 5.74) is 12.7. The van der Waals surface area contributed by atoms with Crippen LogP contribution in [0.2, 0.25) is 0 Å². The molecular weight excluding hydrogens is 542 g/mol. The van der Waals surface area contributed by atoms with Gasteiger partial charge in [-0.25, -0.2) is 8.78 Å². The lowest BCUT2D eigenvalue weighted by molar-refractivity contribution is -0.138. The molecule has 10 nitrogen and oxygen atoms in total. The molecular formula is C30H54F2N8O2. The number of nitrogens with zero attached hydrogens (tertiary/aromatic N) is 4. The van der Waals surface area contributed by atoms with Crippen LogP contribution in [0.15, 0.2) is 4.99 Å². The molecule has 12 heteroatoms. The van der Waals surface area contributed by atoms with E-state index in [4.69, 9.17) is 11.5 Å². The third-order valence-electron chi connectivity index (χ3n) is 9.96. The van der Waals surface area contributed by atoms with Crippen LogP contribution in [0.5, 0.6) is 0 Å². The van der Waals surface area contributed by atoms with Crippen molar-refractivity contribution in [1.29, 1.82) is 0 Å². The van der Waals surface area contributed by atoms with Crippen LogP contribution >= 0.6 is 0 Å². The number of carbonyl (C=O) groups is 2. The van der Waals surface area contributed by atoms with Crippen LogP contribution in [0.3, 0.4) is 0 Å². The van der Waals surface area contributed by atoms with E-state index >= 15 is 4.39 Å². The Morgan fingerprint density at radius 1 is 1.12 bits per heavy atom. The zero-order chi connectivity index (χ0) is 30.4. The van der Waals surface area contributed by atoms with Gasteiger partial charge in [0.05, 0.1) is 30.8 Å². The molecule has 0 radical (unpaired) electrons. The van der Waals surface area contributed by atoms with Crippen LogP contribution in [-0.4, -0.2) is 128 Å². The van der Waals surface area contributed by atoms with E-state index in [9.17, 15) is 14.0 Å². The fraction of sp³-hybridized carbons (Fsp3) is 0.900. The Bertz CT molecular complexity index is 946. The van der Waals surface area contributed by atoms with Gasteiger partial charge in [-0.1, -0.05) is 27.2 Å². The third-order valence-corrected chi connectivity index (χ3v) is 9.96. The summed E-state index contributed by atoms with van der Waals surface area (Å²) in [4.78, 5) is 37.8. The Balaban J connectivity index is 1.44. The molecule has 7 unspecified atom stereocenters. The van der Waals surface area contributed by atoms with Crippen LogP contribution in [-0.2, 0) is 9.59 Å². The quantitative estimate of drug-likeness (QED) is 0.293. The summed E-state index contributed by atoms with van der Waals surface area (Å²) < 4.78 is 30.1. The monoisotopic (exact) mass is 596 g/mol. The summed E-state index contributed by atoms with van der Waals surface area (Å²) in [7, 11) is 0. The molecule has 0 saturated carbocycles. The molecule has 2 amide bonds. The van der Waals surface area contributed by atoms with Gasteiger partial charge in [0.1, 0.15) is 18.3 Å². The lowest BCUT2D eigenvalue weighted by atomic mass is 9.73. The van der Waals surface area contributed by atoms with Crippen molar-refractivity contribution in [2.24, 2.45) is 27.8 Å². The number of hydrogen-bond acceptors (Lipinski definition) is 8. The van der Waals surface area contributed by atoms with Gasteiger partial charge in [0.2, 0.25) is 11.8 Å². The Kier molecular flexibility index (Phi) is 11.7. The number of amides is 2. The lowest BCUT2D eigenvalue weighted by Crippen LogP contribution is -2.68. The third kappa shape index (κ3) is 7.85. The number of nitrogens with one attached hydrogen (secondary N) is 2. The molecule has 4 heterocycles. The second-order valence-electron chi connectivity index (χ2n) is 13.2. The van der Waals surface area contributed by atoms with E-state index in [1.54, 1.807) is 0 Å². The van der Waals surface area contributed by atoms with Crippen molar-refractivity contribution in [2.45, 2.75) is 102 Å². The normalized spacial score (nSPS) is 35.8. The SMILES string of the molecule is CCCC1(C)CCC(F)C/N=C(/C(C(=O)NC2CNCC(F)C2N2CCN(C(=O)C3CCCN3CC)CC2)C(N)N)C1. The average molecular weight is 597 g/mol. The molecule has 7 atom stereocenters. The highest BCUT2D eigenvalue weighted by molar-refractivity contribution is 6.05. The van der Waals surface area contributed by atoms with Crippen molar-refractivity contribution in [3.63, 3.8) is 0 Å². The predicted octanol–water partition coefficient (Wildman–Crippen LogP) is 1.04. The topological polar surface area (TPSA) is 132 Å². The number of alkyl halides is 2. The number of piperazine rings is 1. The summed E-state index contributed by atoms with van der Waals surface area (Å²) >= 11 is 0. The maximum absolute atomic E-state index is 15.5. The Morgan fingerprint density at radius 2 is 1.86 bits per heavy atom. The zero-order valence-electron chi connectivity index (χ0n) is 25.9. The Hall–Kier alpha value is -1.73. The van der Waals surface area contributed by atoms with Gasteiger partial charge < -0.3 is 27.0 Å². The van der Waals surface area contributed by atoms with Crippen molar-refractivity contribution < 1.29 is 18.4 Å². The van der Waals surface area contributed by atoms with Crippen LogP contribution < -0.4 is 22.1 Å². The van der Waals surface area contributed by atoms with Gasteiger partial charge in [-0.15, -0.1) is 0 Å². The van der Waals surface area contributed by atoms with Gasteiger partial charge in [-0.2, -0.15) is 0 Å². The summed E-state index contributed by atoms with van der Waals surface area (Å²) in [6, 6.07) is -1.11. The number of aliphatic imine (C=N–C) groups is 1. The minimum absolute atomic E-state index is 0.00588. The van der Waals surface area contributed by atoms with Crippen molar-refractivity contribution in [2.75, 3.05) is 58.9 Å². The van der Waals surface area contributed by atoms with E-state index < -0.39 is 36.5 Å². The number of nitrogens with two attached hydrogens (primary N) is 2. The number of carbonyl (C=O) groups excluding carboxylic acids is 2. The fourth-order valence-electron chi connectivity index (χ4n) is 7.67. The van der Waals surface area contributed by atoms with E-state index in [2.05, 4.69) is 46.2 Å². The summed E-state index contributed by atoms with van der Waals surface area (Å²) in [6.45, 7) is 10.9. The van der Waals surface area contributed by atoms with E-state index in [1.807, 2.05) is 4.90 Å². The molecule has 0 bridgehead atoms. The van der Waals surface area contributed by atoms with E-state index in [-0.39, 0.29) is 36.4 Å². The van der Waals surface area contributed by atoms with Gasteiger partial charge in [0.15, 0.2) is 0 Å². The molecule has 3 fully saturated rings. The first-order chi connectivity index (χ1) is 20.1. The molecule has 0 spiro atoms. The van der Waals surface area contributed by atoms with Crippen LogP contribution in [0.25, 0.3) is 0 Å². The van der Waals surface area contributed by atoms with Crippen LogP contribution in [0.4, 0.5) is 8.78 Å². The molecule has 6 N–H and O–H groups in total. The largest absolute Gasteiger partial charge is 0.350 e. The van der Waals surface area contributed by atoms with Crippen molar-refractivity contribution in [1.82, 2.24) is 25.3 Å².